The fourth-order valence-corrected chi connectivity index (χ4v) is 4.75. The van der Waals surface area contributed by atoms with Crippen LogP contribution in [0.2, 0.25) is 0 Å². The molecule has 1 heterocycles. The van der Waals surface area contributed by atoms with Crippen LogP contribution in [-0.4, -0.2) is 38.0 Å². The van der Waals surface area contributed by atoms with Crippen molar-refractivity contribution >= 4 is 21.8 Å². The summed E-state index contributed by atoms with van der Waals surface area (Å²) in [5, 5.41) is 2.50. The van der Waals surface area contributed by atoms with Gasteiger partial charge in [-0.15, -0.1) is 0 Å². The maximum absolute atomic E-state index is 12.8. The molecule has 7 heteroatoms. The molecule has 2 atom stereocenters. The maximum Gasteiger partial charge on any atom is 0.411 e. The van der Waals surface area contributed by atoms with Gasteiger partial charge in [-0.3, -0.25) is 5.32 Å². The lowest BCUT2D eigenvalue weighted by atomic mass is 10.0. The number of rotatable bonds is 3. The molecule has 1 saturated heterocycles. The van der Waals surface area contributed by atoms with Crippen molar-refractivity contribution in [2.45, 2.75) is 50.1 Å². The number of anilines is 1. The van der Waals surface area contributed by atoms with Crippen LogP contribution in [0.25, 0.3) is 0 Å². The zero-order valence-corrected chi connectivity index (χ0v) is 13.9. The van der Waals surface area contributed by atoms with Crippen molar-refractivity contribution in [1.29, 1.82) is 0 Å². The summed E-state index contributed by atoms with van der Waals surface area (Å²) in [7, 11) is -2.25. The second kappa shape index (κ2) is 6.66. The number of nitrogens with zero attached hydrogens (tertiary/aromatic N) is 1. The molecule has 0 spiro atoms. The minimum atomic E-state index is -3.52. The average molecular weight is 326 g/mol. The Hall–Kier alpha value is -1.60. The van der Waals surface area contributed by atoms with Crippen molar-refractivity contribution in [3.63, 3.8) is 0 Å². The van der Waals surface area contributed by atoms with Gasteiger partial charge in [-0.2, -0.15) is 4.31 Å². The maximum atomic E-state index is 12.8. The Morgan fingerprint density at radius 2 is 1.73 bits per heavy atom. The van der Waals surface area contributed by atoms with Gasteiger partial charge in [0, 0.05) is 17.8 Å². The minimum absolute atomic E-state index is 0.00150. The zero-order chi connectivity index (χ0) is 16.3. The lowest BCUT2D eigenvalue weighted by Crippen LogP contribution is -2.47. The fraction of sp³-hybridized carbons (Fsp3) is 0.533. The second-order valence-electron chi connectivity index (χ2n) is 5.60. The number of nitrogens with one attached hydrogen (secondary N) is 1. The first-order chi connectivity index (χ1) is 10.4. The first kappa shape index (κ1) is 16.8. The van der Waals surface area contributed by atoms with E-state index < -0.39 is 16.1 Å². The summed E-state index contributed by atoms with van der Waals surface area (Å²) in [4.78, 5) is 11.4. The standard InChI is InChI=1S/C15H22N2O4S/c1-11-5-4-6-12(2)17(11)22(19,20)14-9-7-13(8-10-14)16-15(18)21-3/h7-12H,4-6H2,1-3H3,(H,16,18)/t11-,12-/m0/s1. The molecule has 0 aliphatic carbocycles. The summed E-state index contributed by atoms with van der Waals surface area (Å²) in [6.07, 6.45) is 2.22. The van der Waals surface area contributed by atoms with Crippen LogP contribution in [0.5, 0.6) is 0 Å². The van der Waals surface area contributed by atoms with Gasteiger partial charge >= 0.3 is 6.09 Å². The Bertz CT molecular complexity index is 617. The zero-order valence-electron chi connectivity index (χ0n) is 13.1. The molecule has 1 fully saturated rings. The van der Waals surface area contributed by atoms with Crippen molar-refractivity contribution in [1.82, 2.24) is 4.31 Å². The molecule has 0 aromatic heterocycles. The summed E-state index contributed by atoms with van der Waals surface area (Å²) < 4.78 is 31.7. The molecule has 0 saturated carbocycles. The van der Waals surface area contributed by atoms with Crippen molar-refractivity contribution in [2.75, 3.05) is 12.4 Å². The third-order valence-electron chi connectivity index (χ3n) is 3.97. The lowest BCUT2D eigenvalue weighted by Gasteiger charge is -2.37. The highest BCUT2D eigenvalue weighted by atomic mass is 32.2. The first-order valence-corrected chi connectivity index (χ1v) is 8.79. The summed E-state index contributed by atoms with van der Waals surface area (Å²) in [5.41, 5.74) is 0.491. The van der Waals surface area contributed by atoms with Crippen LogP contribution in [0, 0.1) is 0 Å². The highest BCUT2D eigenvalue weighted by molar-refractivity contribution is 7.89. The van der Waals surface area contributed by atoms with E-state index in [0.29, 0.717) is 5.69 Å². The Balaban J connectivity index is 2.24. The van der Waals surface area contributed by atoms with Crippen LogP contribution in [0.4, 0.5) is 10.5 Å². The molecule has 1 aliphatic heterocycles. The average Bonchev–Trinajstić information content (AvgIpc) is 2.47. The smallest absolute Gasteiger partial charge is 0.411 e. The van der Waals surface area contributed by atoms with E-state index >= 15 is 0 Å². The molecule has 1 aromatic rings. The molecular formula is C15H22N2O4S. The van der Waals surface area contributed by atoms with Gasteiger partial charge in [0.2, 0.25) is 10.0 Å². The van der Waals surface area contributed by atoms with E-state index in [1.54, 1.807) is 16.4 Å². The van der Waals surface area contributed by atoms with Crippen molar-refractivity contribution in [3.8, 4) is 0 Å². The predicted octanol–water partition coefficient (Wildman–Crippen LogP) is 2.82. The number of ether oxygens (including phenoxy) is 1. The van der Waals surface area contributed by atoms with Gasteiger partial charge < -0.3 is 4.74 Å². The molecule has 0 radical (unpaired) electrons. The number of benzene rings is 1. The Morgan fingerprint density at radius 1 is 1.18 bits per heavy atom. The number of sulfonamides is 1. The Kier molecular flexibility index (Phi) is 5.08. The van der Waals surface area contributed by atoms with Crippen LogP contribution < -0.4 is 5.32 Å². The van der Waals surface area contributed by atoms with Crippen LogP contribution >= 0.6 is 0 Å². The van der Waals surface area contributed by atoms with Gasteiger partial charge in [0.1, 0.15) is 0 Å². The monoisotopic (exact) mass is 326 g/mol. The molecule has 1 aromatic carbocycles. The van der Waals surface area contributed by atoms with Gasteiger partial charge in [0.25, 0.3) is 0 Å². The van der Waals surface area contributed by atoms with Crippen LogP contribution in [-0.2, 0) is 14.8 Å². The van der Waals surface area contributed by atoms with Gasteiger partial charge in [-0.25, -0.2) is 13.2 Å². The van der Waals surface area contributed by atoms with Crippen molar-refractivity contribution in [3.05, 3.63) is 24.3 Å². The number of carbonyl (C=O) groups excluding carboxylic acids is 1. The number of hydrogen-bond donors (Lipinski definition) is 1. The van der Waals surface area contributed by atoms with Gasteiger partial charge in [0.05, 0.1) is 12.0 Å². The third-order valence-corrected chi connectivity index (χ3v) is 6.12. The van der Waals surface area contributed by atoms with E-state index in [1.807, 2.05) is 13.8 Å². The predicted molar refractivity (Wildman–Crippen MR) is 84.3 cm³/mol. The second-order valence-corrected chi connectivity index (χ2v) is 7.45. The number of hydrogen-bond acceptors (Lipinski definition) is 4. The highest BCUT2D eigenvalue weighted by Gasteiger charge is 2.35. The van der Waals surface area contributed by atoms with E-state index in [1.165, 1.54) is 19.2 Å². The number of amides is 1. The molecule has 22 heavy (non-hydrogen) atoms. The van der Waals surface area contributed by atoms with E-state index in [-0.39, 0.29) is 17.0 Å². The van der Waals surface area contributed by atoms with E-state index in [9.17, 15) is 13.2 Å². The first-order valence-electron chi connectivity index (χ1n) is 7.35. The topological polar surface area (TPSA) is 75.7 Å². The Labute approximate surface area is 131 Å². The summed E-state index contributed by atoms with van der Waals surface area (Å²) in [6, 6.07) is 6.14. The van der Waals surface area contributed by atoms with Crippen LogP contribution in [0.3, 0.4) is 0 Å². The SMILES string of the molecule is COC(=O)Nc1ccc(S(=O)(=O)N2[C@@H](C)CCC[C@@H]2C)cc1. The van der Waals surface area contributed by atoms with Crippen molar-refractivity contribution < 1.29 is 17.9 Å². The molecule has 0 unspecified atom stereocenters. The molecule has 6 nitrogen and oxygen atoms in total. The number of methoxy groups -OCH3 is 1. The summed E-state index contributed by atoms with van der Waals surface area (Å²) in [6.45, 7) is 3.89. The molecule has 1 N–H and O–H groups in total. The van der Waals surface area contributed by atoms with Crippen molar-refractivity contribution in [2.24, 2.45) is 0 Å². The van der Waals surface area contributed by atoms with E-state index in [0.717, 1.165) is 19.3 Å². The molecule has 122 valence electrons. The normalized spacial score (nSPS) is 23.0. The Morgan fingerprint density at radius 3 is 2.23 bits per heavy atom. The lowest BCUT2D eigenvalue weighted by molar-refractivity contribution is 0.187. The highest BCUT2D eigenvalue weighted by Crippen LogP contribution is 2.29. The molecule has 0 bridgehead atoms. The van der Waals surface area contributed by atoms with E-state index in [4.69, 9.17) is 0 Å². The molecular weight excluding hydrogens is 304 g/mol. The number of carbonyl (C=O) groups is 1. The minimum Gasteiger partial charge on any atom is -0.453 e. The van der Waals surface area contributed by atoms with Crippen LogP contribution in [0.15, 0.2) is 29.2 Å². The summed E-state index contributed by atoms with van der Waals surface area (Å²) >= 11 is 0. The number of piperidine rings is 1. The van der Waals surface area contributed by atoms with Gasteiger partial charge in [0.15, 0.2) is 0 Å². The summed E-state index contributed by atoms with van der Waals surface area (Å²) in [5.74, 6) is 0. The molecule has 1 amide bonds. The van der Waals surface area contributed by atoms with Crippen LogP contribution in [0.1, 0.15) is 33.1 Å². The van der Waals surface area contributed by atoms with E-state index in [2.05, 4.69) is 10.1 Å². The molecule has 2 rings (SSSR count). The largest absolute Gasteiger partial charge is 0.453 e. The molecule has 1 aliphatic rings. The van der Waals surface area contributed by atoms with Gasteiger partial charge in [-0.05, 0) is 51.0 Å². The third kappa shape index (κ3) is 3.41. The van der Waals surface area contributed by atoms with Gasteiger partial charge in [-0.1, -0.05) is 6.42 Å². The quantitative estimate of drug-likeness (QED) is 0.926. The fourth-order valence-electron chi connectivity index (χ4n) is 2.87.